The first-order chi connectivity index (χ1) is 7.66. The van der Waals surface area contributed by atoms with E-state index in [0.717, 1.165) is 24.4 Å². The molecular weight excluding hydrogens is 262 g/mol. The summed E-state index contributed by atoms with van der Waals surface area (Å²) < 4.78 is 1.21. The molecule has 88 valence electrons. The molecule has 1 aromatic rings. The highest BCUT2D eigenvalue weighted by Gasteiger charge is 2.30. The van der Waals surface area contributed by atoms with Gasteiger partial charge in [0.25, 0.3) is 0 Å². The van der Waals surface area contributed by atoms with Crippen LogP contribution >= 0.6 is 15.9 Å². The van der Waals surface area contributed by atoms with E-state index in [9.17, 15) is 0 Å². The Balaban J connectivity index is 1.76. The monoisotopic (exact) mass is 281 g/mol. The molecular formula is C14H20BrN. The summed E-state index contributed by atoms with van der Waals surface area (Å²) in [6, 6.07) is 9.18. The molecule has 1 aliphatic carbocycles. The van der Waals surface area contributed by atoms with Gasteiger partial charge in [-0.2, -0.15) is 0 Å². The Kier molecular flexibility index (Phi) is 4.04. The molecule has 1 saturated carbocycles. The average molecular weight is 282 g/mol. The Bertz CT molecular complexity index is 342. The molecule has 1 aliphatic rings. The molecule has 0 heterocycles. The number of nitrogens with one attached hydrogen (secondary N) is 1. The molecule has 1 fully saturated rings. The van der Waals surface area contributed by atoms with Gasteiger partial charge in [-0.05, 0) is 36.3 Å². The Labute approximate surface area is 107 Å². The quantitative estimate of drug-likeness (QED) is 0.881. The second-order valence-corrected chi connectivity index (χ2v) is 6.00. The van der Waals surface area contributed by atoms with Crippen LogP contribution in [-0.4, -0.2) is 6.04 Å². The molecule has 0 bridgehead atoms. The van der Waals surface area contributed by atoms with Crippen molar-refractivity contribution in [2.45, 2.75) is 39.3 Å². The van der Waals surface area contributed by atoms with E-state index in [1.54, 1.807) is 0 Å². The zero-order valence-electron chi connectivity index (χ0n) is 10.0. The number of hydrogen-bond acceptors (Lipinski definition) is 1. The minimum atomic E-state index is 0.736. The van der Waals surface area contributed by atoms with Gasteiger partial charge in [0.05, 0.1) is 0 Å². The normalized spacial score (nSPS) is 24.5. The number of benzene rings is 1. The number of halogens is 1. The van der Waals surface area contributed by atoms with Crippen LogP contribution in [0.4, 0.5) is 0 Å². The van der Waals surface area contributed by atoms with E-state index in [1.807, 2.05) is 0 Å². The minimum absolute atomic E-state index is 0.736. The van der Waals surface area contributed by atoms with Crippen molar-refractivity contribution in [3.05, 3.63) is 34.3 Å². The van der Waals surface area contributed by atoms with Crippen LogP contribution in [0.25, 0.3) is 0 Å². The van der Waals surface area contributed by atoms with Crippen LogP contribution in [0.5, 0.6) is 0 Å². The molecule has 0 amide bonds. The van der Waals surface area contributed by atoms with Gasteiger partial charge in [0.1, 0.15) is 0 Å². The summed E-state index contributed by atoms with van der Waals surface area (Å²) in [5.74, 6) is 1.79. The first-order valence-electron chi connectivity index (χ1n) is 6.13. The number of rotatable bonds is 4. The van der Waals surface area contributed by atoms with E-state index in [2.05, 4.69) is 59.4 Å². The molecule has 0 aromatic heterocycles. The van der Waals surface area contributed by atoms with Crippen molar-refractivity contribution in [2.75, 3.05) is 0 Å². The van der Waals surface area contributed by atoms with Crippen molar-refractivity contribution in [1.82, 2.24) is 5.32 Å². The molecule has 0 unspecified atom stereocenters. The molecule has 2 heteroatoms. The summed E-state index contributed by atoms with van der Waals surface area (Å²) in [6.07, 6.45) is 2.70. The van der Waals surface area contributed by atoms with Gasteiger partial charge in [0.15, 0.2) is 0 Å². The standard InChI is InChI=1S/C14H20BrN/c1-10(2)12-7-13(8-12)16-9-11-5-3-4-6-14(11)15/h3-6,10,12-13,16H,7-9H2,1-2H3. The van der Waals surface area contributed by atoms with Crippen LogP contribution in [0.1, 0.15) is 32.3 Å². The summed E-state index contributed by atoms with van der Waals surface area (Å²) in [5.41, 5.74) is 1.36. The first kappa shape index (κ1) is 12.1. The van der Waals surface area contributed by atoms with E-state index < -0.39 is 0 Å². The molecule has 0 radical (unpaired) electrons. The SMILES string of the molecule is CC(C)C1CC(NCc2ccccc2Br)C1. The third-order valence-corrected chi connectivity index (χ3v) is 4.43. The average Bonchev–Trinajstić information content (AvgIpc) is 2.17. The Morgan fingerprint density at radius 3 is 2.62 bits per heavy atom. The predicted molar refractivity (Wildman–Crippen MR) is 72.3 cm³/mol. The molecule has 1 N–H and O–H groups in total. The Hall–Kier alpha value is -0.340. The van der Waals surface area contributed by atoms with Gasteiger partial charge in [-0.3, -0.25) is 0 Å². The van der Waals surface area contributed by atoms with E-state index in [4.69, 9.17) is 0 Å². The zero-order chi connectivity index (χ0) is 11.5. The van der Waals surface area contributed by atoms with Crippen LogP contribution in [0.3, 0.4) is 0 Å². The van der Waals surface area contributed by atoms with Gasteiger partial charge in [0.2, 0.25) is 0 Å². The second-order valence-electron chi connectivity index (χ2n) is 5.14. The second kappa shape index (κ2) is 5.33. The van der Waals surface area contributed by atoms with E-state index in [-0.39, 0.29) is 0 Å². The van der Waals surface area contributed by atoms with Gasteiger partial charge in [-0.25, -0.2) is 0 Å². The number of hydrogen-bond donors (Lipinski definition) is 1. The maximum Gasteiger partial charge on any atom is 0.0220 e. The van der Waals surface area contributed by atoms with Gasteiger partial charge in [-0.1, -0.05) is 48.0 Å². The third kappa shape index (κ3) is 2.86. The highest BCUT2D eigenvalue weighted by atomic mass is 79.9. The minimum Gasteiger partial charge on any atom is -0.310 e. The fraction of sp³-hybridized carbons (Fsp3) is 0.571. The smallest absolute Gasteiger partial charge is 0.0220 e. The van der Waals surface area contributed by atoms with Crippen LogP contribution in [-0.2, 0) is 6.54 Å². The molecule has 0 spiro atoms. The van der Waals surface area contributed by atoms with Gasteiger partial charge in [-0.15, -0.1) is 0 Å². The highest BCUT2D eigenvalue weighted by molar-refractivity contribution is 9.10. The summed E-state index contributed by atoms with van der Waals surface area (Å²) in [6.45, 7) is 5.64. The van der Waals surface area contributed by atoms with E-state index >= 15 is 0 Å². The van der Waals surface area contributed by atoms with E-state index in [1.165, 1.54) is 22.9 Å². The van der Waals surface area contributed by atoms with Crippen molar-refractivity contribution in [3.63, 3.8) is 0 Å². The van der Waals surface area contributed by atoms with Gasteiger partial charge >= 0.3 is 0 Å². The van der Waals surface area contributed by atoms with Crippen molar-refractivity contribution < 1.29 is 0 Å². The Morgan fingerprint density at radius 1 is 1.31 bits per heavy atom. The summed E-state index contributed by atoms with van der Waals surface area (Å²) in [7, 11) is 0. The van der Waals surface area contributed by atoms with Crippen molar-refractivity contribution in [2.24, 2.45) is 11.8 Å². The molecule has 0 atom stereocenters. The lowest BCUT2D eigenvalue weighted by molar-refractivity contribution is 0.167. The summed E-state index contributed by atoms with van der Waals surface area (Å²) >= 11 is 3.58. The maximum atomic E-state index is 3.63. The first-order valence-corrected chi connectivity index (χ1v) is 6.93. The van der Waals surface area contributed by atoms with Gasteiger partial charge < -0.3 is 5.32 Å². The van der Waals surface area contributed by atoms with Crippen molar-refractivity contribution in [3.8, 4) is 0 Å². The molecule has 16 heavy (non-hydrogen) atoms. The lowest BCUT2D eigenvalue weighted by Gasteiger charge is -2.38. The fourth-order valence-corrected chi connectivity index (χ4v) is 2.69. The largest absolute Gasteiger partial charge is 0.310 e. The molecule has 0 aliphatic heterocycles. The topological polar surface area (TPSA) is 12.0 Å². The fourth-order valence-electron chi connectivity index (χ4n) is 2.27. The van der Waals surface area contributed by atoms with Crippen LogP contribution < -0.4 is 5.32 Å². The molecule has 1 nitrogen and oxygen atoms in total. The van der Waals surface area contributed by atoms with Gasteiger partial charge in [0, 0.05) is 17.1 Å². The zero-order valence-corrected chi connectivity index (χ0v) is 11.6. The molecule has 2 rings (SSSR count). The third-order valence-electron chi connectivity index (χ3n) is 3.66. The lowest BCUT2D eigenvalue weighted by Crippen LogP contribution is -2.42. The molecule has 0 saturated heterocycles. The highest BCUT2D eigenvalue weighted by Crippen LogP contribution is 2.33. The maximum absolute atomic E-state index is 3.63. The van der Waals surface area contributed by atoms with E-state index in [0.29, 0.717) is 0 Å². The van der Waals surface area contributed by atoms with Crippen molar-refractivity contribution >= 4 is 15.9 Å². The van der Waals surface area contributed by atoms with Crippen LogP contribution in [0.15, 0.2) is 28.7 Å². The predicted octanol–water partition coefficient (Wildman–Crippen LogP) is 3.97. The molecule has 1 aromatic carbocycles. The van der Waals surface area contributed by atoms with Crippen LogP contribution in [0.2, 0.25) is 0 Å². The van der Waals surface area contributed by atoms with Crippen molar-refractivity contribution in [1.29, 1.82) is 0 Å². The summed E-state index contributed by atoms with van der Waals surface area (Å²) in [4.78, 5) is 0. The lowest BCUT2D eigenvalue weighted by atomic mass is 9.73. The van der Waals surface area contributed by atoms with Crippen LogP contribution in [0, 0.1) is 11.8 Å². The Morgan fingerprint density at radius 2 is 2.00 bits per heavy atom. The summed E-state index contributed by atoms with van der Waals surface area (Å²) in [5, 5.41) is 3.63.